The van der Waals surface area contributed by atoms with E-state index < -0.39 is 11.4 Å². The van der Waals surface area contributed by atoms with Crippen molar-refractivity contribution in [1.82, 2.24) is 0 Å². The van der Waals surface area contributed by atoms with Crippen molar-refractivity contribution in [2.75, 3.05) is 0 Å². The lowest BCUT2D eigenvalue weighted by Gasteiger charge is -2.75. The average molecular weight is 515 g/mol. The molecule has 0 aromatic rings. The summed E-state index contributed by atoms with van der Waals surface area (Å²) in [6.07, 6.45) is 11.6. The van der Waals surface area contributed by atoms with Gasteiger partial charge in [0.25, 0.3) is 0 Å². The maximum Gasteiger partial charge on any atom is 0.309 e. The number of carboxylic acid groups (broad SMARTS) is 1. The van der Waals surface area contributed by atoms with Gasteiger partial charge in [-0.2, -0.15) is 0 Å². The predicted octanol–water partition coefficient (Wildman–Crippen LogP) is 8.27. The van der Waals surface area contributed by atoms with Gasteiger partial charge in [-0.1, -0.05) is 55.4 Å². The molecule has 5 saturated carbocycles. The lowest BCUT2D eigenvalue weighted by Crippen LogP contribution is -2.70. The molecular formula is C33H54O4. The van der Waals surface area contributed by atoms with Gasteiger partial charge in [-0.05, 0) is 115 Å². The Hall–Kier alpha value is -1.06. The minimum atomic E-state index is -0.537. The zero-order valence-corrected chi connectivity index (χ0v) is 25.3. The summed E-state index contributed by atoms with van der Waals surface area (Å²) in [7, 11) is 0. The summed E-state index contributed by atoms with van der Waals surface area (Å²) in [4.78, 5) is 24.9. The Morgan fingerprint density at radius 1 is 0.676 bits per heavy atom. The minimum absolute atomic E-state index is 0.00817. The molecule has 0 aromatic heterocycles. The zero-order valence-electron chi connectivity index (χ0n) is 25.3. The van der Waals surface area contributed by atoms with Crippen LogP contribution in [0.25, 0.3) is 0 Å². The highest BCUT2D eigenvalue weighted by Crippen LogP contribution is 2.79. The van der Waals surface area contributed by atoms with E-state index in [1.807, 2.05) is 0 Å². The number of aliphatic carboxylic acids is 1. The topological polar surface area (TPSA) is 63.6 Å². The van der Waals surface area contributed by atoms with Gasteiger partial charge in [0.2, 0.25) is 0 Å². The monoisotopic (exact) mass is 514 g/mol. The normalized spacial score (nSPS) is 52.0. The van der Waals surface area contributed by atoms with Crippen molar-refractivity contribution in [3.8, 4) is 0 Å². The van der Waals surface area contributed by atoms with Crippen LogP contribution in [0.2, 0.25) is 0 Å². The van der Waals surface area contributed by atoms with Crippen LogP contribution in [0.1, 0.15) is 133 Å². The van der Waals surface area contributed by atoms with E-state index >= 15 is 0 Å². The van der Waals surface area contributed by atoms with Crippen LogP contribution in [0.4, 0.5) is 0 Å². The van der Waals surface area contributed by atoms with Gasteiger partial charge < -0.3 is 9.84 Å². The molecule has 0 heterocycles. The van der Waals surface area contributed by atoms with Crippen LogP contribution in [-0.2, 0) is 14.3 Å². The largest absolute Gasteiger partial charge is 0.481 e. The first-order chi connectivity index (χ1) is 16.9. The first-order valence-electron chi connectivity index (χ1n) is 15.3. The number of esters is 1. The van der Waals surface area contributed by atoms with E-state index in [0.717, 1.165) is 51.4 Å². The summed E-state index contributed by atoms with van der Waals surface area (Å²) >= 11 is 0. The van der Waals surface area contributed by atoms with Gasteiger partial charge in [-0.15, -0.1) is 0 Å². The number of rotatable bonds is 2. The summed E-state index contributed by atoms with van der Waals surface area (Å²) in [6.45, 7) is 21.2. The van der Waals surface area contributed by atoms with Crippen molar-refractivity contribution in [3.05, 3.63) is 0 Å². The first-order valence-corrected chi connectivity index (χ1v) is 15.3. The second-order valence-electron chi connectivity index (χ2n) is 16.7. The van der Waals surface area contributed by atoms with Gasteiger partial charge in [0.1, 0.15) is 6.10 Å². The number of carboxylic acids is 1. The van der Waals surface area contributed by atoms with Gasteiger partial charge in [0.15, 0.2) is 0 Å². The quantitative estimate of drug-likeness (QED) is 0.377. The van der Waals surface area contributed by atoms with Crippen molar-refractivity contribution < 1.29 is 19.4 Å². The van der Waals surface area contributed by atoms with E-state index in [0.29, 0.717) is 11.8 Å². The number of carbonyl (C=O) groups is 2. The molecule has 9 atom stereocenters. The third kappa shape index (κ3) is 3.38. The first kappa shape index (κ1) is 27.5. The second kappa shape index (κ2) is 8.00. The minimum Gasteiger partial charge on any atom is -0.481 e. The van der Waals surface area contributed by atoms with Crippen molar-refractivity contribution in [2.45, 2.75) is 139 Å². The standard InChI is InChI=1S/C33H54O4/c1-21(34)37-25-11-10-22-29(6)15-16-32(9)24-20-27(2,3)14-18-33(24,26(35)36)19-17-31(32,8)23(29)12-13-30(22,7)28(25,4)5/h22-25H,10-20H2,1-9H3,(H,35,36). The molecule has 0 radical (unpaired) electrons. The Bertz CT molecular complexity index is 983. The molecule has 0 amide bonds. The smallest absolute Gasteiger partial charge is 0.309 e. The van der Waals surface area contributed by atoms with Crippen LogP contribution in [0.5, 0.6) is 0 Å². The van der Waals surface area contributed by atoms with Crippen LogP contribution in [0, 0.1) is 55.7 Å². The van der Waals surface area contributed by atoms with E-state index in [1.54, 1.807) is 6.92 Å². The zero-order chi connectivity index (χ0) is 27.4. The number of fused-ring (bicyclic) bond motifs is 7. The van der Waals surface area contributed by atoms with Gasteiger partial charge in [0, 0.05) is 12.3 Å². The molecule has 0 bridgehead atoms. The molecule has 4 nitrogen and oxygen atoms in total. The summed E-state index contributed by atoms with van der Waals surface area (Å²) in [5.41, 5.74) is 0.218. The van der Waals surface area contributed by atoms with Crippen LogP contribution in [0.3, 0.4) is 0 Å². The van der Waals surface area contributed by atoms with Crippen LogP contribution in [0.15, 0.2) is 0 Å². The fourth-order valence-electron chi connectivity index (χ4n) is 12.0. The number of ether oxygens (including phenoxy) is 1. The molecule has 9 unspecified atom stereocenters. The third-order valence-corrected chi connectivity index (χ3v) is 14.8. The average Bonchev–Trinajstić information content (AvgIpc) is 2.78. The number of carbonyl (C=O) groups excluding carboxylic acids is 1. The van der Waals surface area contributed by atoms with Crippen molar-refractivity contribution in [3.63, 3.8) is 0 Å². The molecule has 0 saturated heterocycles. The van der Waals surface area contributed by atoms with Crippen molar-refractivity contribution in [2.24, 2.45) is 55.7 Å². The number of hydrogen-bond acceptors (Lipinski definition) is 3. The fourth-order valence-corrected chi connectivity index (χ4v) is 12.0. The van der Waals surface area contributed by atoms with E-state index in [9.17, 15) is 14.7 Å². The summed E-state index contributed by atoms with van der Waals surface area (Å²) in [6, 6.07) is 0. The summed E-state index contributed by atoms with van der Waals surface area (Å²) < 4.78 is 5.93. The Morgan fingerprint density at radius 2 is 1.24 bits per heavy atom. The van der Waals surface area contributed by atoms with Gasteiger partial charge in [-0.3, -0.25) is 9.59 Å². The maximum absolute atomic E-state index is 13.0. The Kier molecular flexibility index (Phi) is 5.95. The van der Waals surface area contributed by atoms with Crippen molar-refractivity contribution >= 4 is 11.9 Å². The van der Waals surface area contributed by atoms with Gasteiger partial charge in [0.05, 0.1) is 5.41 Å². The predicted molar refractivity (Wildman–Crippen MR) is 147 cm³/mol. The van der Waals surface area contributed by atoms with E-state index in [-0.39, 0.29) is 50.5 Å². The van der Waals surface area contributed by atoms with Crippen LogP contribution < -0.4 is 0 Å². The molecule has 5 fully saturated rings. The SMILES string of the molecule is CC(=O)OC1CCC2C3(C)CCC4(C)C5CC(C)(C)CCC5(C(=O)O)CCC4(C)C3CCC2(C)C1(C)C. The third-order valence-electron chi connectivity index (χ3n) is 14.8. The van der Waals surface area contributed by atoms with Crippen LogP contribution >= 0.6 is 0 Å². The highest BCUT2D eigenvalue weighted by atomic mass is 16.5. The van der Waals surface area contributed by atoms with Gasteiger partial charge >= 0.3 is 11.9 Å². The Labute approximate surface area is 226 Å². The molecule has 4 heteroatoms. The molecule has 1 N–H and O–H groups in total. The van der Waals surface area contributed by atoms with Gasteiger partial charge in [-0.25, -0.2) is 0 Å². The highest BCUT2D eigenvalue weighted by Gasteiger charge is 2.73. The maximum atomic E-state index is 13.0. The van der Waals surface area contributed by atoms with Crippen molar-refractivity contribution in [1.29, 1.82) is 0 Å². The lowest BCUT2D eigenvalue weighted by atomic mass is 9.29. The lowest BCUT2D eigenvalue weighted by molar-refractivity contribution is -0.276. The Balaban J connectivity index is 1.54. The molecule has 0 spiro atoms. The number of hydrogen-bond donors (Lipinski definition) is 1. The molecular weight excluding hydrogens is 460 g/mol. The molecule has 5 aliphatic rings. The fraction of sp³-hybridized carbons (Fsp3) is 0.939. The van der Waals surface area contributed by atoms with E-state index in [1.165, 1.54) is 19.3 Å². The molecule has 5 aliphatic carbocycles. The summed E-state index contributed by atoms with van der Waals surface area (Å²) in [5.74, 6) is 0.812. The Morgan fingerprint density at radius 3 is 1.86 bits per heavy atom. The molecule has 0 aliphatic heterocycles. The molecule has 210 valence electrons. The molecule has 37 heavy (non-hydrogen) atoms. The van der Waals surface area contributed by atoms with E-state index in [4.69, 9.17) is 4.74 Å². The van der Waals surface area contributed by atoms with Crippen LogP contribution in [-0.4, -0.2) is 23.1 Å². The second-order valence-corrected chi connectivity index (χ2v) is 16.7. The molecule has 0 aromatic carbocycles. The molecule has 5 rings (SSSR count). The summed E-state index contributed by atoms with van der Waals surface area (Å²) in [5, 5.41) is 10.7. The highest BCUT2D eigenvalue weighted by molar-refractivity contribution is 5.76. The van der Waals surface area contributed by atoms with E-state index in [2.05, 4.69) is 55.4 Å².